The summed E-state index contributed by atoms with van der Waals surface area (Å²) in [6.07, 6.45) is 1.23. The molecule has 0 amide bonds. The van der Waals surface area contributed by atoms with E-state index < -0.39 is 0 Å². The van der Waals surface area contributed by atoms with Gasteiger partial charge in [-0.3, -0.25) is 0 Å². The number of hydrogen-bond acceptors (Lipinski definition) is 4. The number of methoxy groups -OCH3 is 1. The van der Waals surface area contributed by atoms with Crippen LogP contribution in [-0.4, -0.2) is 45.7 Å². The molecule has 1 aliphatic heterocycles. The molecule has 1 aromatic rings. The third-order valence-electron chi connectivity index (χ3n) is 3.76. The zero-order valence-electron chi connectivity index (χ0n) is 11.9. The van der Waals surface area contributed by atoms with Crippen LogP contribution in [0.2, 0.25) is 0 Å². The number of nitrogens with zero attached hydrogens (tertiary/aromatic N) is 3. The molecule has 1 fully saturated rings. The highest BCUT2D eigenvalue weighted by atomic mass is 16.5. The number of hydrogen-bond donors (Lipinski definition) is 0. The molecule has 1 unspecified atom stereocenters. The Hall–Kier alpha value is -1.73. The van der Waals surface area contributed by atoms with Gasteiger partial charge >= 0.3 is 0 Å². The van der Waals surface area contributed by atoms with Gasteiger partial charge in [0.15, 0.2) is 0 Å². The minimum atomic E-state index is 0.674. The molecule has 0 bridgehead atoms. The number of anilines is 1. The van der Waals surface area contributed by atoms with Gasteiger partial charge in [0.05, 0.1) is 18.4 Å². The van der Waals surface area contributed by atoms with Gasteiger partial charge in [0, 0.05) is 26.2 Å². The lowest BCUT2D eigenvalue weighted by molar-refractivity contribution is 0.395. The van der Waals surface area contributed by atoms with E-state index in [1.165, 1.54) is 13.0 Å². The van der Waals surface area contributed by atoms with Crippen molar-refractivity contribution < 1.29 is 4.74 Å². The van der Waals surface area contributed by atoms with E-state index in [2.05, 4.69) is 22.9 Å². The Bertz CT molecular complexity index is 481. The average molecular weight is 259 g/mol. The fraction of sp³-hybridized carbons (Fsp3) is 0.533. The van der Waals surface area contributed by atoms with Crippen molar-refractivity contribution in [3.63, 3.8) is 0 Å². The van der Waals surface area contributed by atoms with Crippen molar-refractivity contribution in [2.45, 2.75) is 6.42 Å². The first kappa shape index (κ1) is 13.7. The second-order valence-corrected chi connectivity index (χ2v) is 5.29. The van der Waals surface area contributed by atoms with Crippen LogP contribution in [0.25, 0.3) is 0 Å². The molecule has 0 aromatic heterocycles. The SMILES string of the molecule is COc1ccc(C#N)c(N(C)CC2CCN(C)C2)c1. The average Bonchev–Trinajstić information content (AvgIpc) is 2.83. The van der Waals surface area contributed by atoms with Gasteiger partial charge in [0.1, 0.15) is 11.8 Å². The molecule has 1 heterocycles. The fourth-order valence-corrected chi connectivity index (χ4v) is 2.71. The van der Waals surface area contributed by atoms with Gasteiger partial charge in [-0.05, 0) is 38.1 Å². The van der Waals surface area contributed by atoms with E-state index in [-0.39, 0.29) is 0 Å². The van der Waals surface area contributed by atoms with Crippen molar-refractivity contribution >= 4 is 5.69 Å². The molecule has 0 aliphatic carbocycles. The molecule has 1 saturated heterocycles. The smallest absolute Gasteiger partial charge is 0.121 e. The number of rotatable bonds is 4. The number of ether oxygens (including phenoxy) is 1. The molecule has 0 N–H and O–H groups in total. The van der Waals surface area contributed by atoms with Crippen LogP contribution in [0.3, 0.4) is 0 Å². The Kier molecular flexibility index (Phi) is 4.28. The van der Waals surface area contributed by atoms with Gasteiger partial charge in [-0.15, -0.1) is 0 Å². The Labute approximate surface area is 115 Å². The number of nitriles is 1. The van der Waals surface area contributed by atoms with E-state index >= 15 is 0 Å². The highest BCUT2D eigenvalue weighted by Gasteiger charge is 2.21. The minimum Gasteiger partial charge on any atom is -0.497 e. The normalized spacial score (nSPS) is 19.2. The van der Waals surface area contributed by atoms with Gasteiger partial charge in [-0.2, -0.15) is 5.26 Å². The lowest BCUT2D eigenvalue weighted by Gasteiger charge is -2.24. The van der Waals surface area contributed by atoms with Crippen LogP contribution in [0, 0.1) is 17.2 Å². The number of benzene rings is 1. The molecular formula is C15H21N3O. The Morgan fingerprint density at radius 2 is 2.32 bits per heavy atom. The Balaban J connectivity index is 2.13. The van der Waals surface area contributed by atoms with E-state index in [4.69, 9.17) is 4.74 Å². The topological polar surface area (TPSA) is 39.5 Å². The molecule has 1 atom stereocenters. The summed E-state index contributed by atoms with van der Waals surface area (Å²) in [5.74, 6) is 1.47. The van der Waals surface area contributed by atoms with Crippen LogP contribution in [-0.2, 0) is 0 Å². The molecule has 1 aliphatic rings. The third-order valence-corrected chi connectivity index (χ3v) is 3.76. The predicted molar refractivity (Wildman–Crippen MR) is 76.6 cm³/mol. The molecular weight excluding hydrogens is 238 g/mol. The van der Waals surface area contributed by atoms with Crippen molar-refractivity contribution in [3.05, 3.63) is 23.8 Å². The van der Waals surface area contributed by atoms with Gasteiger partial charge in [0.25, 0.3) is 0 Å². The summed E-state index contributed by atoms with van der Waals surface area (Å²) in [5.41, 5.74) is 1.66. The van der Waals surface area contributed by atoms with Crippen molar-refractivity contribution in [3.8, 4) is 11.8 Å². The maximum atomic E-state index is 9.21. The van der Waals surface area contributed by atoms with Crippen molar-refractivity contribution in [1.82, 2.24) is 4.90 Å². The molecule has 2 rings (SSSR count). The first-order chi connectivity index (χ1) is 9.13. The fourth-order valence-electron chi connectivity index (χ4n) is 2.71. The van der Waals surface area contributed by atoms with Crippen LogP contribution in [0.4, 0.5) is 5.69 Å². The summed E-state index contributed by atoms with van der Waals surface area (Å²) >= 11 is 0. The first-order valence-electron chi connectivity index (χ1n) is 6.62. The maximum Gasteiger partial charge on any atom is 0.121 e. The van der Waals surface area contributed by atoms with E-state index in [1.54, 1.807) is 7.11 Å². The predicted octanol–water partition coefficient (Wildman–Crippen LogP) is 1.95. The molecule has 4 nitrogen and oxygen atoms in total. The molecule has 1 aromatic carbocycles. The van der Waals surface area contributed by atoms with Gasteiger partial charge in [0.2, 0.25) is 0 Å². The summed E-state index contributed by atoms with van der Waals surface area (Å²) in [5, 5.41) is 9.21. The standard InChI is InChI=1S/C15H21N3O/c1-17-7-6-12(10-17)11-18(2)15-8-14(19-3)5-4-13(15)9-16/h4-5,8,12H,6-7,10-11H2,1-3H3. The van der Waals surface area contributed by atoms with E-state index in [1.807, 2.05) is 25.2 Å². The van der Waals surface area contributed by atoms with Crippen molar-refractivity contribution in [2.75, 3.05) is 45.7 Å². The Morgan fingerprint density at radius 1 is 1.53 bits per heavy atom. The van der Waals surface area contributed by atoms with Crippen molar-refractivity contribution in [2.24, 2.45) is 5.92 Å². The van der Waals surface area contributed by atoms with Crippen molar-refractivity contribution in [1.29, 1.82) is 5.26 Å². The number of likely N-dealkylation sites (tertiary alicyclic amines) is 1. The molecule has 0 spiro atoms. The molecule has 0 radical (unpaired) electrons. The van der Waals surface area contributed by atoms with E-state index in [9.17, 15) is 5.26 Å². The van der Waals surface area contributed by atoms with Crippen LogP contribution in [0.15, 0.2) is 18.2 Å². The lowest BCUT2D eigenvalue weighted by Crippen LogP contribution is -2.27. The van der Waals surface area contributed by atoms with Crippen LogP contribution in [0.5, 0.6) is 5.75 Å². The summed E-state index contributed by atoms with van der Waals surface area (Å²) in [6, 6.07) is 7.85. The molecule has 102 valence electrons. The van der Waals surface area contributed by atoms with Crippen LogP contribution >= 0.6 is 0 Å². The Morgan fingerprint density at radius 3 is 2.89 bits per heavy atom. The zero-order chi connectivity index (χ0) is 13.8. The summed E-state index contributed by atoms with van der Waals surface area (Å²) < 4.78 is 5.25. The second-order valence-electron chi connectivity index (χ2n) is 5.29. The van der Waals surface area contributed by atoms with Gasteiger partial charge in [-0.25, -0.2) is 0 Å². The van der Waals surface area contributed by atoms with E-state index in [0.29, 0.717) is 11.5 Å². The monoisotopic (exact) mass is 259 g/mol. The lowest BCUT2D eigenvalue weighted by atomic mass is 10.1. The molecule has 4 heteroatoms. The summed E-state index contributed by atoms with van der Waals surface area (Å²) in [6.45, 7) is 3.28. The maximum absolute atomic E-state index is 9.21. The third kappa shape index (κ3) is 3.18. The van der Waals surface area contributed by atoms with Crippen LogP contribution in [0.1, 0.15) is 12.0 Å². The van der Waals surface area contributed by atoms with Gasteiger partial charge < -0.3 is 14.5 Å². The van der Waals surface area contributed by atoms with E-state index in [0.717, 1.165) is 24.5 Å². The second kappa shape index (κ2) is 5.94. The van der Waals surface area contributed by atoms with Crippen LogP contribution < -0.4 is 9.64 Å². The largest absolute Gasteiger partial charge is 0.497 e. The molecule has 0 saturated carbocycles. The first-order valence-corrected chi connectivity index (χ1v) is 6.62. The van der Waals surface area contributed by atoms with Gasteiger partial charge in [-0.1, -0.05) is 0 Å². The zero-order valence-corrected chi connectivity index (χ0v) is 11.9. The minimum absolute atomic E-state index is 0.674. The summed E-state index contributed by atoms with van der Waals surface area (Å²) in [4.78, 5) is 4.53. The highest BCUT2D eigenvalue weighted by Crippen LogP contribution is 2.26. The summed E-state index contributed by atoms with van der Waals surface area (Å²) in [7, 11) is 5.86. The highest BCUT2D eigenvalue weighted by molar-refractivity contribution is 5.61. The quantitative estimate of drug-likeness (QED) is 0.828. The molecule has 19 heavy (non-hydrogen) atoms.